The summed E-state index contributed by atoms with van der Waals surface area (Å²) >= 11 is 0. The molecule has 4 nitrogen and oxygen atoms in total. The minimum atomic E-state index is 0.307. The van der Waals surface area contributed by atoms with Crippen molar-refractivity contribution in [3.05, 3.63) is 29.8 Å². The van der Waals surface area contributed by atoms with Gasteiger partial charge in [0.25, 0.3) is 0 Å². The van der Waals surface area contributed by atoms with Crippen LogP contribution in [0.5, 0.6) is 5.75 Å². The molecule has 0 saturated carbocycles. The number of ether oxygens (including phenoxy) is 2. The Balaban J connectivity index is 2.62. The number of nitrogens with zero attached hydrogens (tertiary/aromatic N) is 1. The molecule has 0 amide bonds. The zero-order valence-corrected chi connectivity index (χ0v) is 13.2. The summed E-state index contributed by atoms with van der Waals surface area (Å²) in [4.78, 5) is 2.29. The monoisotopic (exact) mass is 280 g/mol. The summed E-state index contributed by atoms with van der Waals surface area (Å²) in [5, 5.41) is 3.53. The Kier molecular flexibility index (Phi) is 8.26. The number of likely N-dealkylation sites (N-methyl/N-ethyl adjacent to an activating group) is 2. The first kappa shape index (κ1) is 17.0. The number of methoxy groups -OCH3 is 1. The fourth-order valence-corrected chi connectivity index (χ4v) is 2.16. The number of rotatable bonds is 10. The molecule has 0 bridgehead atoms. The summed E-state index contributed by atoms with van der Waals surface area (Å²) in [5.41, 5.74) is 1.26. The van der Waals surface area contributed by atoms with Gasteiger partial charge in [-0.2, -0.15) is 0 Å². The van der Waals surface area contributed by atoms with Crippen molar-refractivity contribution in [3.63, 3.8) is 0 Å². The van der Waals surface area contributed by atoms with E-state index in [-0.39, 0.29) is 0 Å². The SMILES string of the molecule is CCNC(CN(C)CCOCC)c1cccc(OC)c1. The van der Waals surface area contributed by atoms with Gasteiger partial charge in [-0.05, 0) is 38.2 Å². The molecule has 1 rings (SSSR count). The highest BCUT2D eigenvalue weighted by molar-refractivity contribution is 5.30. The van der Waals surface area contributed by atoms with Crippen molar-refractivity contribution in [1.82, 2.24) is 10.2 Å². The van der Waals surface area contributed by atoms with Gasteiger partial charge in [0.15, 0.2) is 0 Å². The Morgan fingerprint density at radius 1 is 1.30 bits per heavy atom. The molecule has 1 N–H and O–H groups in total. The van der Waals surface area contributed by atoms with Crippen molar-refractivity contribution in [2.24, 2.45) is 0 Å². The Morgan fingerprint density at radius 3 is 2.75 bits per heavy atom. The van der Waals surface area contributed by atoms with Crippen LogP contribution in [0.15, 0.2) is 24.3 Å². The first-order valence-electron chi connectivity index (χ1n) is 7.34. The van der Waals surface area contributed by atoms with Gasteiger partial charge in [-0.3, -0.25) is 0 Å². The highest BCUT2D eigenvalue weighted by Gasteiger charge is 2.13. The fraction of sp³-hybridized carbons (Fsp3) is 0.625. The summed E-state index contributed by atoms with van der Waals surface area (Å²) in [7, 11) is 3.83. The van der Waals surface area contributed by atoms with Crippen LogP contribution in [0.4, 0.5) is 0 Å². The van der Waals surface area contributed by atoms with Crippen LogP contribution >= 0.6 is 0 Å². The van der Waals surface area contributed by atoms with E-state index in [1.165, 1.54) is 5.56 Å². The lowest BCUT2D eigenvalue weighted by Gasteiger charge is -2.25. The van der Waals surface area contributed by atoms with Gasteiger partial charge in [0.05, 0.1) is 13.7 Å². The van der Waals surface area contributed by atoms with E-state index >= 15 is 0 Å². The molecular weight excluding hydrogens is 252 g/mol. The van der Waals surface area contributed by atoms with Gasteiger partial charge in [0.1, 0.15) is 5.75 Å². The molecule has 1 aromatic rings. The van der Waals surface area contributed by atoms with Crippen molar-refractivity contribution >= 4 is 0 Å². The lowest BCUT2D eigenvalue weighted by atomic mass is 10.1. The minimum Gasteiger partial charge on any atom is -0.497 e. The van der Waals surface area contributed by atoms with Crippen LogP contribution in [-0.4, -0.2) is 51.9 Å². The Morgan fingerprint density at radius 2 is 2.10 bits per heavy atom. The van der Waals surface area contributed by atoms with Gasteiger partial charge < -0.3 is 19.7 Å². The molecule has 0 saturated heterocycles. The number of hydrogen-bond donors (Lipinski definition) is 1. The number of nitrogens with one attached hydrogen (secondary N) is 1. The van der Waals surface area contributed by atoms with Gasteiger partial charge in [0, 0.05) is 25.7 Å². The van der Waals surface area contributed by atoms with E-state index in [9.17, 15) is 0 Å². The summed E-state index contributed by atoms with van der Waals surface area (Å²) < 4.78 is 10.7. The van der Waals surface area contributed by atoms with E-state index < -0.39 is 0 Å². The van der Waals surface area contributed by atoms with E-state index in [1.54, 1.807) is 7.11 Å². The maximum atomic E-state index is 5.41. The smallest absolute Gasteiger partial charge is 0.119 e. The van der Waals surface area contributed by atoms with E-state index in [0.717, 1.165) is 38.6 Å². The van der Waals surface area contributed by atoms with E-state index in [1.807, 2.05) is 19.1 Å². The molecule has 0 aliphatic carbocycles. The van der Waals surface area contributed by atoms with Gasteiger partial charge in [-0.15, -0.1) is 0 Å². The van der Waals surface area contributed by atoms with Crippen molar-refractivity contribution in [3.8, 4) is 5.75 Å². The predicted octanol–water partition coefficient (Wildman–Crippen LogP) is 2.31. The van der Waals surface area contributed by atoms with Crippen LogP contribution in [-0.2, 0) is 4.74 Å². The zero-order chi connectivity index (χ0) is 14.8. The third kappa shape index (κ3) is 5.90. The van der Waals surface area contributed by atoms with Crippen molar-refractivity contribution in [1.29, 1.82) is 0 Å². The number of hydrogen-bond acceptors (Lipinski definition) is 4. The van der Waals surface area contributed by atoms with Crippen molar-refractivity contribution in [2.45, 2.75) is 19.9 Å². The average Bonchev–Trinajstić information content (AvgIpc) is 2.47. The van der Waals surface area contributed by atoms with Crippen LogP contribution in [0.25, 0.3) is 0 Å². The Labute approximate surface area is 123 Å². The third-order valence-corrected chi connectivity index (χ3v) is 3.26. The molecule has 1 aromatic carbocycles. The molecule has 0 aliphatic rings. The standard InChI is InChI=1S/C16H28N2O2/c1-5-17-16(13-18(3)10-11-20-6-2)14-8-7-9-15(12-14)19-4/h7-9,12,16-17H,5-6,10-11,13H2,1-4H3. The molecule has 20 heavy (non-hydrogen) atoms. The second-order valence-corrected chi connectivity index (χ2v) is 4.85. The first-order chi connectivity index (χ1) is 9.71. The molecule has 0 spiro atoms. The number of benzene rings is 1. The predicted molar refractivity (Wildman–Crippen MR) is 83.4 cm³/mol. The van der Waals surface area contributed by atoms with E-state index in [0.29, 0.717) is 6.04 Å². The molecular formula is C16H28N2O2. The highest BCUT2D eigenvalue weighted by Crippen LogP contribution is 2.19. The summed E-state index contributed by atoms with van der Waals surface area (Å²) in [6.45, 7) is 8.56. The molecule has 0 aliphatic heterocycles. The quantitative estimate of drug-likeness (QED) is 0.667. The van der Waals surface area contributed by atoms with Crippen molar-refractivity contribution < 1.29 is 9.47 Å². The van der Waals surface area contributed by atoms with Crippen LogP contribution in [0.1, 0.15) is 25.5 Å². The first-order valence-corrected chi connectivity index (χ1v) is 7.34. The lowest BCUT2D eigenvalue weighted by molar-refractivity contribution is 0.119. The van der Waals surface area contributed by atoms with E-state index in [2.05, 4.69) is 36.3 Å². The van der Waals surface area contributed by atoms with Crippen LogP contribution in [0.3, 0.4) is 0 Å². The highest BCUT2D eigenvalue weighted by atomic mass is 16.5. The molecule has 0 fully saturated rings. The second kappa shape index (κ2) is 9.75. The van der Waals surface area contributed by atoms with Crippen LogP contribution in [0.2, 0.25) is 0 Å². The van der Waals surface area contributed by atoms with Gasteiger partial charge >= 0.3 is 0 Å². The topological polar surface area (TPSA) is 33.7 Å². The van der Waals surface area contributed by atoms with Gasteiger partial charge in [-0.1, -0.05) is 19.1 Å². The maximum Gasteiger partial charge on any atom is 0.119 e. The molecule has 114 valence electrons. The normalized spacial score (nSPS) is 12.7. The van der Waals surface area contributed by atoms with Crippen molar-refractivity contribution in [2.75, 3.05) is 47.0 Å². The summed E-state index contributed by atoms with van der Waals surface area (Å²) in [6.07, 6.45) is 0. The summed E-state index contributed by atoms with van der Waals surface area (Å²) in [6, 6.07) is 8.57. The Bertz CT molecular complexity index is 371. The summed E-state index contributed by atoms with van der Waals surface area (Å²) in [5.74, 6) is 0.905. The molecule has 1 unspecified atom stereocenters. The minimum absolute atomic E-state index is 0.307. The van der Waals surface area contributed by atoms with Gasteiger partial charge in [-0.25, -0.2) is 0 Å². The van der Waals surface area contributed by atoms with Gasteiger partial charge in [0.2, 0.25) is 0 Å². The zero-order valence-electron chi connectivity index (χ0n) is 13.2. The fourth-order valence-electron chi connectivity index (χ4n) is 2.16. The van der Waals surface area contributed by atoms with Crippen LogP contribution in [0, 0.1) is 0 Å². The van der Waals surface area contributed by atoms with Crippen LogP contribution < -0.4 is 10.1 Å². The maximum absolute atomic E-state index is 5.41. The van der Waals surface area contributed by atoms with E-state index in [4.69, 9.17) is 9.47 Å². The molecule has 0 heterocycles. The Hall–Kier alpha value is -1.10. The second-order valence-electron chi connectivity index (χ2n) is 4.85. The third-order valence-electron chi connectivity index (χ3n) is 3.26. The molecule has 1 atom stereocenters. The molecule has 0 radical (unpaired) electrons. The molecule has 0 aromatic heterocycles. The molecule has 4 heteroatoms. The lowest BCUT2D eigenvalue weighted by Crippen LogP contribution is -2.34. The largest absolute Gasteiger partial charge is 0.497 e. The average molecular weight is 280 g/mol.